The standard InChI is InChI=1S/C45H67F3O9/c1-4-5-6-7-8-9-10-11-12-13-14-15-16-17-22-27-41(49)55-35-40(36-56-43(51)44(53-3,45(46,47)48)38-25-20-18-21-26-38)57-42(50)28-23-19-24-33-54-34-37-29-31-39(52-2)32-30-37/h18,20-21,25-26,29-32,40H,4-17,19,22-24,27-28,33-36H2,1-3H3/t40-,44+/m1/s1. The van der Waals surface area contributed by atoms with Crippen molar-refractivity contribution in [2.24, 2.45) is 0 Å². The molecule has 0 saturated carbocycles. The number of unbranched alkanes of at least 4 members (excludes halogenated alkanes) is 16. The van der Waals surface area contributed by atoms with E-state index < -0.39 is 54.6 Å². The molecule has 0 aliphatic carbocycles. The lowest BCUT2D eigenvalue weighted by Crippen LogP contribution is -2.52. The molecule has 0 amide bonds. The van der Waals surface area contributed by atoms with Crippen LogP contribution in [0.25, 0.3) is 0 Å². The van der Waals surface area contributed by atoms with Crippen LogP contribution in [0.5, 0.6) is 5.75 Å². The maximum absolute atomic E-state index is 14.4. The fourth-order valence-corrected chi connectivity index (χ4v) is 6.48. The van der Waals surface area contributed by atoms with E-state index in [0.29, 0.717) is 38.9 Å². The van der Waals surface area contributed by atoms with Gasteiger partial charge >= 0.3 is 24.1 Å². The zero-order chi connectivity index (χ0) is 41.6. The Morgan fingerprint density at radius 2 is 1.12 bits per heavy atom. The molecule has 0 fully saturated rings. The normalized spacial score (nSPS) is 13.1. The van der Waals surface area contributed by atoms with Crippen LogP contribution in [-0.4, -0.2) is 64.2 Å². The molecule has 0 bridgehead atoms. The molecule has 2 atom stereocenters. The van der Waals surface area contributed by atoms with E-state index in [-0.39, 0.29) is 12.8 Å². The number of ether oxygens (including phenoxy) is 6. The third-order valence-corrected chi connectivity index (χ3v) is 9.88. The fraction of sp³-hybridized carbons (Fsp3) is 0.667. The van der Waals surface area contributed by atoms with Gasteiger partial charge in [0.1, 0.15) is 19.0 Å². The van der Waals surface area contributed by atoms with Crippen molar-refractivity contribution in [1.82, 2.24) is 0 Å². The summed E-state index contributed by atoms with van der Waals surface area (Å²) >= 11 is 0. The van der Waals surface area contributed by atoms with E-state index in [0.717, 1.165) is 49.8 Å². The maximum atomic E-state index is 14.4. The molecule has 0 aromatic heterocycles. The first-order chi connectivity index (χ1) is 27.6. The van der Waals surface area contributed by atoms with Gasteiger partial charge in [-0.25, -0.2) is 4.79 Å². The molecule has 0 spiro atoms. The molecule has 2 aromatic carbocycles. The summed E-state index contributed by atoms with van der Waals surface area (Å²) in [5.41, 5.74) is -2.88. The lowest BCUT2D eigenvalue weighted by atomic mass is 9.93. The zero-order valence-electron chi connectivity index (χ0n) is 34.6. The van der Waals surface area contributed by atoms with Gasteiger partial charge in [-0.15, -0.1) is 0 Å². The number of methoxy groups -OCH3 is 2. The molecule has 2 aromatic rings. The molecular formula is C45H67F3O9. The van der Waals surface area contributed by atoms with E-state index in [1.165, 1.54) is 88.8 Å². The molecule has 9 nitrogen and oxygen atoms in total. The monoisotopic (exact) mass is 808 g/mol. The minimum absolute atomic E-state index is 0.00454. The first kappa shape index (κ1) is 49.5. The Labute approximate surface area is 338 Å². The molecule has 0 radical (unpaired) electrons. The van der Waals surface area contributed by atoms with E-state index >= 15 is 0 Å². The molecule has 0 aliphatic rings. The summed E-state index contributed by atoms with van der Waals surface area (Å²) in [6.45, 7) is 1.91. The van der Waals surface area contributed by atoms with Gasteiger partial charge in [-0.05, 0) is 37.0 Å². The SMILES string of the molecule is CCCCCCCCCCCCCCCCCC(=O)OC[C@H](COC(=O)[C@@](OC)(c1ccccc1)C(F)(F)F)OC(=O)CCCCCOCc1ccc(OC)cc1. The van der Waals surface area contributed by atoms with Crippen LogP contribution in [-0.2, 0) is 50.3 Å². The van der Waals surface area contributed by atoms with Crippen molar-refractivity contribution in [3.63, 3.8) is 0 Å². The summed E-state index contributed by atoms with van der Waals surface area (Å²) in [5, 5.41) is 0. The van der Waals surface area contributed by atoms with E-state index in [1.807, 2.05) is 24.3 Å². The summed E-state index contributed by atoms with van der Waals surface area (Å²) in [4.78, 5) is 38.5. The van der Waals surface area contributed by atoms with Gasteiger partial charge < -0.3 is 28.4 Å². The molecule has 2 rings (SSSR count). The summed E-state index contributed by atoms with van der Waals surface area (Å²) < 4.78 is 74.8. The van der Waals surface area contributed by atoms with Crippen molar-refractivity contribution in [3.8, 4) is 5.75 Å². The molecule has 0 saturated heterocycles. The number of carbonyl (C=O) groups is 3. The van der Waals surface area contributed by atoms with Crippen molar-refractivity contribution in [2.75, 3.05) is 34.0 Å². The number of hydrogen-bond donors (Lipinski definition) is 0. The van der Waals surface area contributed by atoms with E-state index in [2.05, 4.69) is 6.92 Å². The second-order valence-corrected chi connectivity index (χ2v) is 14.6. The summed E-state index contributed by atoms with van der Waals surface area (Å²) in [6.07, 6.45) is 13.3. The molecule has 0 heterocycles. The van der Waals surface area contributed by atoms with Gasteiger partial charge in [0.25, 0.3) is 5.60 Å². The summed E-state index contributed by atoms with van der Waals surface area (Å²) in [6, 6.07) is 14.0. The van der Waals surface area contributed by atoms with E-state index in [4.69, 9.17) is 28.4 Å². The van der Waals surface area contributed by atoms with Gasteiger partial charge in [-0.3, -0.25) is 9.59 Å². The van der Waals surface area contributed by atoms with Crippen molar-refractivity contribution in [2.45, 2.75) is 160 Å². The number of hydrogen-bond acceptors (Lipinski definition) is 9. The summed E-state index contributed by atoms with van der Waals surface area (Å²) in [7, 11) is 2.37. The number of halogens is 3. The highest BCUT2D eigenvalue weighted by molar-refractivity contribution is 5.82. The Hall–Kier alpha value is -3.64. The van der Waals surface area contributed by atoms with Crippen LogP contribution in [0.4, 0.5) is 13.2 Å². The van der Waals surface area contributed by atoms with Gasteiger partial charge in [0.05, 0.1) is 13.7 Å². The Morgan fingerprint density at radius 1 is 0.614 bits per heavy atom. The van der Waals surface area contributed by atoms with Crippen LogP contribution in [0.15, 0.2) is 54.6 Å². The quantitative estimate of drug-likeness (QED) is 0.0396. The van der Waals surface area contributed by atoms with Gasteiger partial charge in [0.2, 0.25) is 0 Å². The van der Waals surface area contributed by atoms with Gasteiger partial charge in [-0.2, -0.15) is 13.2 Å². The van der Waals surface area contributed by atoms with Crippen LogP contribution >= 0.6 is 0 Å². The predicted octanol–water partition coefficient (Wildman–Crippen LogP) is 11.1. The number of carbonyl (C=O) groups excluding carboxylic acids is 3. The lowest BCUT2D eigenvalue weighted by Gasteiger charge is -2.32. The Bertz CT molecular complexity index is 1350. The average Bonchev–Trinajstić information content (AvgIpc) is 3.20. The topological polar surface area (TPSA) is 107 Å². The van der Waals surface area contributed by atoms with Gasteiger partial charge in [-0.1, -0.05) is 146 Å². The molecule has 57 heavy (non-hydrogen) atoms. The smallest absolute Gasteiger partial charge is 0.432 e. The van der Waals surface area contributed by atoms with Crippen LogP contribution < -0.4 is 4.74 Å². The molecule has 322 valence electrons. The largest absolute Gasteiger partial charge is 0.497 e. The minimum atomic E-state index is -5.18. The van der Waals surface area contributed by atoms with Gasteiger partial charge in [0, 0.05) is 32.1 Å². The highest BCUT2D eigenvalue weighted by Crippen LogP contribution is 2.43. The molecule has 0 N–H and O–H groups in total. The van der Waals surface area contributed by atoms with Crippen molar-refractivity contribution in [1.29, 1.82) is 0 Å². The predicted molar refractivity (Wildman–Crippen MR) is 214 cm³/mol. The van der Waals surface area contributed by atoms with E-state index in [9.17, 15) is 27.6 Å². The molecule has 0 aliphatic heterocycles. The average molecular weight is 809 g/mol. The van der Waals surface area contributed by atoms with Crippen molar-refractivity contribution < 1.29 is 56.0 Å². The highest BCUT2D eigenvalue weighted by atomic mass is 19.4. The van der Waals surface area contributed by atoms with Crippen LogP contribution in [0.1, 0.15) is 146 Å². The van der Waals surface area contributed by atoms with Crippen LogP contribution in [0, 0.1) is 0 Å². The first-order valence-corrected chi connectivity index (χ1v) is 21.0. The van der Waals surface area contributed by atoms with Crippen LogP contribution in [0.3, 0.4) is 0 Å². The number of alkyl halides is 3. The molecule has 12 heteroatoms. The Kier molecular flexibility index (Phi) is 25.7. The second-order valence-electron chi connectivity index (χ2n) is 14.6. The summed E-state index contributed by atoms with van der Waals surface area (Å²) in [5.74, 6) is -2.16. The molecule has 0 unspecified atom stereocenters. The van der Waals surface area contributed by atoms with Crippen molar-refractivity contribution in [3.05, 3.63) is 65.7 Å². The Balaban J connectivity index is 1.79. The van der Waals surface area contributed by atoms with Crippen LogP contribution in [0.2, 0.25) is 0 Å². The van der Waals surface area contributed by atoms with Gasteiger partial charge in [0.15, 0.2) is 6.10 Å². The highest BCUT2D eigenvalue weighted by Gasteiger charge is 2.64. The first-order valence-electron chi connectivity index (χ1n) is 21.0. The fourth-order valence-electron chi connectivity index (χ4n) is 6.48. The number of benzene rings is 2. The molecular weight excluding hydrogens is 741 g/mol. The maximum Gasteiger partial charge on any atom is 0.432 e. The van der Waals surface area contributed by atoms with E-state index in [1.54, 1.807) is 7.11 Å². The minimum Gasteiger partial charge on any atom is -0.497 e. The third kappa shape index (κ3) is 20.1. The number of rotatable bonds is 33. The number of esters is 3. The second kappa shape index (κ2) is 29.6. The third-order valence-electron chi connectivity index (χ3n) is 9.88. The Morgan fingerprint density at radius 3 is 1.65 bits per heavy atom. The zero-order valence-corrected chi connectivity index (χ0v) is 34.6. The van der Waals surface area contributed by atoms with Crippen molar-refractivity contribution >= 4 is 17.9 Å². The lowest BCUT2D eigenvalue weighted by molar-refractivity contribution is -0.277.